The van der Waals surface area contributed by atoms with Crippen molar-refractivity contribution in [2.75, 3.05) is 0 Å². The third-order valence-electron chi connectivity index (χ3n) is 11.9. The molecule has 0 aliphatic heterocycles. The van der Waals surface area contributed by atoms with Crippen molar-refractivity contribution in [3.05, 3.63) is 212 Å². The second-order valence-electron chi connectivity index (χ2n) is 15.4. The predicted octanol–water partition coefficient (Wildman–Crippen LogP) is 14.9. The highest BCUT2D eigenvalue weighted by atomic mass is 15.2. The van der Waals surface area contributed by atoms with Gasteiger partial charge in [-0.15, -0.1) is 0 Å². The minimum atomic E-state index is 0.645. The van der Waals surface area contributed by atoms with Crippen molar-refractivity contribution in [2.45, 2.75) is 0 Å². The quantitative estimate of drug-likeness (QED) is 0.175. The summed E-state index contributed by atoms with van der Waals surface area (Å²) >= 11 is 0. The zero-order valence-corrected chi connectivity index (χ0v) is 32.0. The van der Waals surface area contributed by atoms with E-state index in [9.17, 15) is 0 Å². The molecule has 0 aliphatic rings. The molecule has 3 nitrogen and oxygen atoms in total. The first-order valence-corrected chi connectivity index (χ1v) is 20.2. The summed E-state index contributed by atoms with van der Waals surface area (Å²) < 4.78 is 2.28. The smallest absolute Gasteiger partial charge is 0.235 e. The Kier molecular flexibility index (Phi) is 7.54. The van der Waals surface area contributed by atoms with Gasteiger partial charge in [-0.05, 0) is 108 Å². The van der Waals surface area contributed by atoms with Crippen LogP contribution in [0.15, 0.2) is 212 Å². The third kappa shape index (κ3) is 5.44. The SMILES string of the molecule is c1ccc(-c2cc(-c3ccccc3)cc(-c3nc(-n4c5ccc6ccccc6c5c5c6ccc(-c7cccc8ccccc78)cc6ccc54)nc4ccccc34)c2)cc1. The second-order valence-corrected chi connectivity index (χ2v) is 15.4. The monoisotopic (exact) mass is 749 g/mol. The molecule has 0 unspecified atom stereocenters. The number of benzene rings is 10. The second kappa shape index (κ2) is 13.4. The van der Waals surface area contributed by atoms with Gasteiger partial charge < -0.3 is 0 Å². The van der Waals surface area contributed by atoms with Crippen molar-refractivity contribution in [2.24, 2.45) is 0 Å². The predicted molar refractivity (Wildman–Crippen MR) is 248 cm³/mol. The van der Waals surface area contributed by atoms with E-state index < -0.39 is 0 Å². The van der Waals surface area contributed by atoms with E-state index in [1.807, 2.05) is 0 Å². The van der Waals surface area contributed by atoms with Gasteiger partial charge in [-0.3, -0.25) is 4.57 Å². The van der Waals surface area contributed by atoms with Gasteiger partial charge in [0.05, 0.1) is 22.2 Å². The lowest BCUT2D eigenvalue weighted by molar-refractivity contribution is 1.01. The summed E-state index contributed by atoms with van der Waals surface area (Å²) in [6, 6.07) is 76.4. The minimum absolute atomic E-state index is 0.645. The van der Waals surface area contributed by atoms with E-state index in [4.69, 9.17) is 9.97 Å². The Hall–Kier alpha value is -7.88. The van der Waals surface area contributed by atoms with Crippen molar-refractivity contribution in [1.82, 2.24) is 14.5 Å². The van der Waals surface area contributed by atoms with Crippen LogP contribution in [0.4, 0.5) is 0 Å². The average Bonchev–Trinajstić information content (AvgIpc) is 3.66. The highest BCUT2D eigenvalue weighted by molar-refractivity contribution is 6.28. The van der Waals surface area contributed by atoms with E-state index in [2.05, 4.69) is 217 Å². The fourth-order valence-corrected chi connectivity index (χ4v) is 9.21. The lowest BCUT2D eigenvalue weighted by Crippen LogP contribution is -2.03. The molecule has 0 saturated carbocycles. The maximum Gasteiger partial charge on any atom is 0.235 e. The molecule has 59 heavy (non-hydrogen) atoms. The fraction of sp³-hybridized carbons (Fsp3) is 0. The summed E-state index contributed by atoms with van der Waals surface area (Å²) in [7, 11) is 0. The number of nitrogens with zero attached hydrogens (tertiary/aromatic N) is 3. The molecule has 2 aromatic heterocycles. The van der Waals surface area contributed by atoms with Crippen LogP contribution in [-0.4, -0.2) is 14.5 Å². The number of rotatable bonds is 5. The van der Waals surface area contributed by atoms with Gasteiger partial charge in [-0.25, -0.2) is 9.97 Å². The number of hydrogen-bond acceptors (Lipinski definition) is 2. The van der Waals surface area contributed by atoms with E-state index in [1.165, 1.54) is 54.2 Å². The molecule has 3 heteroatoms. The fourth-order valence-electron chi connectivity index (χ4n) is 9.21. The molecule has 0 atom stereocenters. The summed E-state index contributed by atoms with van der Waals surface area (Å²) in [5.74, 6) is 0.645. The molecule has 12 rings (SSSR count). The first-order chi connectivity index (χ1) is 29.2. The van der Waals surface area contributed by atoms with Crippen molar-refractivity contribution in [3.8, 4) is 50.6 Å². The largest absolute Gasteiger partial charge is 0.278 e. The minimum Gasteiger partial charge on any atom is -0.278 e. The summed E-state index contributed by atoms with van der Waals surface area (Å²) in [5, 5.41) is 10.7. The highest BCUT2D eigenvalue weighted by Gasteiger charge is 2.21. The maximum absolute atomic E-state index is 5.58. The van der Waals surface area contributed by atoms with Crippen LogP contribution in [-0.2, 0) is 0 Å². The molecule has 0 bridgehead atoms. The molecule has 12 aromatic rings. The van der Waals surface area contributed by atoms with Gasteiger partial charge in [0.2, 0.25) is 5.95 Å². The molecule has 2 heterocycles. The van der Waals surface area contributed by atoms with Crippen LogP contribution >= 0.6 is 0 Å². The molecule has 0 fully saturated rings. The van der Waals surface area contributed by atoms with Gasteiger partial charge in [0.15, 0.2) is 0 Å². The van der Waals surface area contributed by atoms with Crippen LogP contribution in [0, 0.1) is 0 Å². The molecule has 0 amide bonds. The third-order valence-corrected chi connectivity index (χ3v) is 11.9. The molecule has 10 aromatic carbocycles. The molecule has 0 aliphatic carbocycles. The van der Waals surface area contributed by atoms with Crippen molar-refractivity contribution >= 4 is 65.0 Å². The molecule has 274 valence electrons. The van der Waals surface area contributed by atoms with Crippen LogP contribution < -0.4 is 0 Å². The van der Waals surface area contributed by atoms with Crippen LogP contribution in [0.1, 0.15) is 0 Å². The zero-order valence-electron chi connectivity index (χ0n) is 32.0. The molecule has 0 N–H and O–H groups in total. The van der Waals surface area contributed by atoms with E-state index in [0.717, 1.165) is 55.4 Å². The zero-order chi connectivity index (χ0) is 38.9. The first kappa shape index (κ1) is 33.3. The lowest BCUT2D eigenvalue weighted by Gasteiger charge is -2.15. The average molecular weight is 750 g/mol. The Balaban J connectivity index is 1.14. The van der Waals surface area contributed by atoms with Gasteiger partial charge in [0, 0.05) is 21.7 Å². The Morgan fingerprint density at radius 2 is 0.847 bits per heavy atom. The molecule has 0 radical (unpaired) electrons. The molecule has 0 spiro atoms. The summed E-state index contributed by atoms with van der Waals surface area (Å²) in [6.45, 7) is 0. The van der Waals surface area contributed by atoms with E-state index in [1.54, 1.807) is 0 Å². The Bertz CT molecular complexity index is 3540. The van der Waals surface area contributed by atoms with Gasteiger partial charge in [-0.1, -0.05) is 170 Å². The summed E-state index contributed by atoms with van der Waals surface area (Å²) in [5.41, 5.74) is 12.0. The van der Waals surface area contributed by atoms with E-state index in [0.29, 0.717) is 5.95 Å². The van der Waals surface area contributed by atoms with E-state index >= 15 is 0 Å². The normalized spacial score (nSPS) is 11.7. The molecule has 0 saturated heterocycles. The van der Waals surface area contributed by atoms with E-state index in [-0.39, 0.29) is 0 Å². The Morgan fingerprint density at radius 3 is 1.56 bits per heavy atom. The van der Waals surface area contributed by atoms with Crippen molar-refractivity contribution in [1.29, 1.82) is 0 Å². The number of fused-ring (bicyclic) bond motifs is 9. The van der Waals surface area contributed by atoms with Crippen molar-refractivity contribution < 1.29 is 0 Å². The van der Waals surface area contributed by atoms with Crippen molar-refractivity contribution in [3.63, 3.8) is 0 Å². The number of aromatic nitrogens is 3. The molecular weight excluding hydrogens is 715 g/mol. The van der Waals surface area contributed by atoms with Gasteiger partial charge >= 0.3 is 0 Å². The Labute approximate surface area is 341 Å². The van der Waals surface area contributed by atoms with Crippen LogP contribution in [0.25, 0.3) is 116 Å². The van der Waals surface area contributed by atoms with Gasteiger partial charge in [0.1, 0.15) is 0 Å². The number of para-hydroxylation sites is 1. The number of hydrogen-bond donors (Lipinski definition) is 0. The maximum atomic E-state index is 5.58. The van der Waals surface area contributed by atoms with Gasteiger partial charge in [0.25, 0.3) is 0 Å². The van der Waals surface area contributed by atoms with Crippen LogP contribution in [0.3, 0.4) is 0 Å². The first-order valence-electron chi connectivity index (χ1n) is 20.2. The summed E-state index contributed by atoms with van der Waals surface area (Å²) in [6.07, 6.45) is 0. The molecular formula is C56H35N3. The standard InChI is InChI=1S/C56H35N3/c1-3-14-36(15-4-1)42-33-43(37-16-5-2-6-17-37)35-44(34-42)55-49-23-11-12-25-50(49)57-56(58-55)59-51-30-27-39-19-8-10-22-47(39)53(51)54-48-29-26-40(32-41(48)28-31-52(54)59)46-24-13-20-38-18-7-9-21-45(38)46/h1-35H. The highest BCUT2D eigenvalue weighted by Crippen LogP contribution is 2.42. The lowest BCUT2D eigenvalue weighted by atomic mass is 9.94. The van der Waals surface area contributed by atoms with Crippen LogP contribution in [0.2, 0.25) is 0 Å². The Morgan fingerprint density at radius 1 is 0.305 bits per heavy atom. The summed E-state index contributed by atoms with van der Waals surface area (Å²) in [4.78, 5) is 10.9. The topological polar surface area (TPSA) is 30.7 Å². The van der Waals surface area contributed by atoms with Crippen LogP contribution in [0.5, 0.6) is 0 Å². The van der Waals surface area contributed by atoms with Gasteiger partial charge in [-0.2, -0.15) is 0 Å².